The molecule has 1 heteroatoms. The summed E-state index contributed by atoms with van der Waals surface area (Å²) in [5, 5.41) is 3.73. The van der Waals surface area contributed by atoms with Gasteiger partial charge < -0.3 is 5.32 Å². The lowest BCUT2D eigenvalue weighted by Gasteiger charge is -2.48. The Kier molecular flexibility index (Phi) is 1.48. The van der Waals surface area contributed by atoms with Gasteiger partial charge in [-0.2, -0.15) is 0 Å². The van der Waals surface area contributed by atoms with Crippen molar-refractivity contribution in [3.8, 4) is 0 Å². The largest absolute Gasteiger partial charge is 0.309 e. The molecule has 1 unspecified atom stereocenters. The van der Waals surface area contributed by atoms with Crippen molar-refractivity contribution in [2.75, 3.05) is 0 Å². The fraction of sp³-hybridized carbons (Fsp3) is 1.00. The van der Waals surface area contributed by atoms with Crippen molar-refractivity contribution < 1.29 is 0 Å². The molecule has 1 atom stereocenters. The Hall–Kier alpha value is -0.0400. The van der Waals surface area contributed by atoms with Gasteiger partial charge in [0.1, 0.15) is 0 Å². The average molecular weight is 139 g/mol. The molecule has 10 heavy (non-hydrogen) atoms. The van der Waals surface area contributed by atoms with Gasteiger partial charge in [-0.25, -0.2) is 0 Å². The van der Waals surface area contributed by atoms with E-state index in [9.17, 15) is 0 Å². The van der Waals surface area contributed by atoms with Crippen molar-refractivity contribution >= 4 is 0 Å². The Balaban J connectivity index is 1.96. The van der Waals surface area contributed by atoms with E-state index in [2.05, 4.69) is 12.2 Å². The minimum atomic E-state index is 0.623. The zero-order chi connectivity index (χ0) is 7.03. The summed E-state index contributed by atoms with van der Waals surface area (Å²) < 4.78 is 0. The highest BCUT2D eigenvalue weighted by Crippen LogP contribution is 2.39. The maximum absolute atomic E-state index is 3.73. The van der Waals surface area contributed by atoms with Crippen molar-refractivity contribution in [2.45, 2.75) is 57.0 Å². The van der Waals surface area contributed by atoms with Crippen LogP contribution in [0.4, 0.5) is 0 Å². The summed E-state index contributed by atoms with van der Waals surface area (Å²) in [6.45, 7) is 2.32. The molecule has 1 N–H and O–H groups in total. The molecule has 1 heterocycles. The van der Waals surface area contributed by atoms with E-state index in [4.69, 9.17) is 0 Å². The van der Waals surface area contributed by atoms with Crippen LogP contribution in [-0.4, -0.2) is 11.6 Å². The van der Waals surface area contributed by atoms with Crippen LogP contribution in [0.3, 0.4) is 0 Å². The highest BCUT2D eigenvalue weighted by molar-refractivity contribution is 4.99. The lowest BCUT2D eigenvalue weighted by molar-refractivity contribution is 0.118. The first kappa shape index (κ1) is 6.66. The lowest BCUT2D eigenvalue weighted by Crippen LogP contribution is -2.56. The van der Waals surface area contributed by atoms with Crippen molar-refractivity contribution in [3.05, 3.63) is 0 Å². The van der Waals surface area contributed by atoms with Crippen LogP contribution >= 0.6 is 0 Å². The SMILES string of the molecule is CC1CCCC2(CCC2)N1. The van der Waals surface area contributed by atoms with E-state index in [1.54, 1.807) is 0 Å². The van der Waals surface area contributed by atoms with Crippen molar-refractivity contribution in [1.29, 1.82) is 0 Å². The molecule has 1 saturated heterocycles. The van der Waals surface area contributed by atoms with E-state index in [0.29, 0.717) is 5.54 Å². The molecule has 1 aliphatic carbocycles. The quantitative estimate of drug-likeness (QED) is 0.541. The predicted octanol–water partition coefficient (Wildman–Crippen LogP) is 2.07. The Morgan fingerprint density at radius 1 is 1.20 bits per heavy atom. The first-order chi connectivity index (χ1) is 4.81. The number of hydrogen-bond donors (Lipinski definition) is 1. The molecule has 2 rings (SSSR count). The highest BCUT2D eigenvalue weighted by Gasteiger charge is 2.39. The summed E-state index contributed by atoms with van der Waals surface area (Å²) in [6.07, 6.45) is 8.63. The second-order valence-electron chi connectivity index (χ2n) is 4.07. The molecule has 0 aromatic rings. The van der Waals surface area contributed by atoms with Crippen LogP contribution in [0.15, 0.2) is 0 Å². The molecule has 0 aromatic heterocycles. The van der Waals surface area contributed by atoms with Gasteiger partial charge in [-0.15, -0.1) is 0 Å². The zero-order valence-corrected chi connectivity index (χ0v) is 6.82. The molecule has 2 aliphatic rings. The summed E-state index contributed by atoms with van der Waals surface area (Å²) in [5.74, 6) is 0. The maximum atomic E-state index is 3.73. The smallest absolute Gasteiger partial charge is 0.0184 e. The standard InChI is InChI=1S/C9H17N/c1-8-4-2-5-9(10-8)6-3-7-9/h8,10H,2-7H2,1H3. The van der Waals surface area contributed by atoms with Gasteiger partial charge in [-0.05, 0) is 39.0 Å². The van der Waals surface area contributed by atoms with Gasteiger partial charge in [-0.3, -0.25) is 0 Å². The summed E-state index contributed by atoms with van der Waals surface area (Å²) in [6, 6.07) is 0.786. The van der Waals surface area contributed by atoms with Crippen molar-refractivity contribution in [3.63, 3.8) is 0 Å². The van der Waals surface area contributed by atoms with Gasteiger partial charge in [0, 0.05) is 11.6 Å². The molecule has 0 radical (unpaired) electrons. The third-order valence-electron chi connectivity index (χ3n) is 3.16. The Morgan fingerprint density at radius 2 is 1.90 bits per heavy atom. The van der Waals surface area contributed by atoms with E-state index in [-0.39, 0.29) is 0 Å². The first-order valence-electron chi connectivity index (χ1n) is 4.58. The monoisotopic (exact) mass is 139 g/mol. The van der Waals surface area contributed by atoms with Gasteiger partial charge >= 0.3 is 0 Å². The minimum Gasteiger partial charge on any atom is -0.309 e. The van der Waals surface area contributed by atoms with E-state index in [1.165, 1.54) is 38.5 Å². The normalized spacial score (nSPS) is 37.5. The topological polar surface area (TPSA) is 12.0 Å². The van der Waals surface area contributed by atoms with E-state index in [1.807, 2.05) is 0 Å². The van der Waals surface area contributed by atoms with Crippen molar-refractivity contribution in [2.24, 2.45) is 0 Å². The molecule has 2 fully saturated rings. The maximum Gasteiger partial charge on any atom is 0.0184 e. The summed E-state index contributed by atoms with van der Waals surface area (Å²) in [5.41, 5.74) is 0.623. The van der Waals surface area contributed by atoms with E-state index < -0.39 is 0 Å². The summed E-state index contributed by atoms with van der Waals surface area (Å²) in [7, 11) is 0. The number of hydrogen-bond acceptors (Lipinski definition) is 1. The second kappa shape index (κ2) is 2.23. The van der Waals surface area contributed by atoms with Gasteiger partial charge in [0.05, 0.1) is 0 Å². The van der Waals surface area contributed by atoms with Gasteiger partial charge in [0.2, 0.25) is 0 Å². The summed E-state index contributed by atoms with van der Waals surface area (Å²) >= 11 is 0. The number of rotatable bonds is 0. The van der Waals surface area contributed by atoms with Gasteiger partial charge in [-0.1, -0.05) is 6.42 Å². The van der Waals surface area contributed by atoms with Gasteiger partial charge in [0.15, 0.2) is 0 Å². The first-order valence-corrected chi connectivity index (χ1v) is 4.58. The molecule has 1 aliphatic heterocycles. The fourth-order valence-electron chi connectivity index (χ4n) is 2.41. The van der Waals surface area contributed by atoms with Crippen LogP contribution in [0.5, 0.6) is 0 Å². The third-order valence-corrected chi connectivity index (χ3v) is 3.16. The van der Waals surface area contributed by atoms with Crippen LogP contribution in [-0.2, 0) is 0 Å². The summed E-state index contributed by atoms with van der Waals surface area (Å²) in [4.78, 5) is 0. The van der Waals surface area contributed by atoms with Crippen LogP contribution in [0.25, 0.3) is 0 Å². The number of nitrogens with one attached hydrogen (secondary N) is 1. The van der Waals surface area contributed by atoms with Crippen LogP contribution in [0.1, 0.15) is 45.4 Å². The molecule has 1 nitrogen and oxygen atoms in total. The molecular weight excluding hydrogens is 122 g/mol. The molecule has 0 amide bonds. The zero-order valence-electron chi connectivity index (χ0n) is 6.82. The van der Waals surface area contributed by atoms with Crippen LogP contribution < -0.4 is 5.32 Å². The molecule has 0 aromatic carbocycles. The second-order valence-corrected chi connectivity index (χ2v) is 4.07. The average Bonchev–Trinajstić information content (AvgIpc) is 1.85. The van der Waals surface area contributed by atoms with Crippen LogP contribution in [0, 0.1) is 0 Å². The Bertz CT molecular complexity index is 127. The van der Waals surface area contributed by atoms with Crippen molar-refractivity contribution in [1.82, 2.24) is 5.32 Å². The molecule has 1 spiro atoms. The molecular formula is C9H17N. The lowest BCUT2D eigenvalue weighted by atomic mass is 9.71. The third kappa shape index (κ3) is 0.968. The molecule has 58 valence electrons. The predicted molar refractivity (Wildman–Crippen MR) is 43.0 cm³/mol. The minimum absolute atomic E-state index is 0.623. The van der Waals surface area contributed by atoms with E-state index in [0.717, 1.165) is 6.04 Å². The fourth-order valence-corrected chi connectivity index (χ4v) is 2.41. The molecule has 1 saturated carbocycles. The number of piperidine rings is 1. The van der Waals surface area contributed by atoms with Gasteiger partial charge in [0.25, 0.3) is 0 Å². The Morgan fingerprint density at radius 3 is 2.30 bits per heavy atom. The Labute approximate surface area is 63.2 Å². The highest BCUT2D eigenvalue weighted by atomic mass is 15.0. The van der Waals surface area contributed by atoms with Crippen LogP contribution in [0.2, 0.25) is 0 Å². The van der Waals surface area contributed by atoms with E-state index >= 15 is 0 Å². The molecule has 0 bridgehead atoms.